The zero-order chi connectivity index (χ0) is 29.0. The Bertz CT molecular complexity index is 1570. The predicted octanol–water partition coefficient (Wildman–Crippen LogP) is 6.36. The minimum absolute atomic E-state index is 0.0112. The number of rotatable bonds is 6. The molecule has 0 radical (unpaired) electrons. The molecule has 1 unspecified atom stereocenters. The molecule has 2 aliphatic heterocycles. The molecule has 8 nitrogen and oxygen atoms in total. The molecule has 0 aliphatic carbocycles. The molecule has 40 heavy (non-hydrogen) atoms. The van der Waals surface area contributed by atoms with Crippen LogP contribution in [0, 0.1) is 34.5 Å². The maximum absolute atomic E-state index is 15.5. The van der Waals surface area contributed by atoms with Crippen LogP contribution in [-0.4, -0.2) is 19.8 Å². The van der Waals surface area contributed by atoms with Gasteiger partial charge in [0.05, 0.1) is 17.5 Å². The highest BCUT2D eigenvalue weighted by Crippen LogP contribution is 2.51. The van der Waals surface area contributed by atoms with Crippen LogP contribution in [0.5, 0.6) is 0 Å². The Morgan fingerprint density at radius 1 is 1.00 bits per heavy atom. The van der Waals surface area contributed by atoms with E-state index in [1.54, 1.807) is 4.68 Å². The summed E-state index contributed by atoms with van der Waals surface area (Å²) < 4.78 is 83.3. The summed E-state index contributed by atoms with van der Waals surface area (Å²) in [5.41, 5.74) is -1.20. The summed E-state index contributed by atoms with van der Waals surface area (Å²) in [5, 5.41) is 13.3. The highest BCUT2D eigenvalue weighted by Gasteiger charge is 2.55. The summed E-state index contributed by atoms with van der Waals surface area (Å²) in [6.07, 6.45) is 2.68. The Hall–Kier alpha value is -4.29. The first-order chi connectivity index (χ1) is 18.9. The monoisotopic (exact) mass is 559 g/mol. The third kappa shape index (κ3) is 4.29. The van der Waals surface area contributed by atoms with Crippen molar-refractivity contribution in [2.45, 2.75) is 52.9 Å². The molecular weight excluding hydrogens is 533 g/mol. The molecule has 0 saturated carbocycles. The fourth-order valence-corrected chi connectivity index (χ4v) is 4.89. The first kappa shape index (κ1) is 27.3. The zero-order valence-electron chi connectivity index (χ0n) is 22.3. The minimum atomic E-state index is -2.55. The SMILES string of the molecule is CC(C)n1ncnc1COC1=C(C(C)(C)C)C2=CN=NC(c3cc(F)ccc3F)(c3c(F)ccc(F)c3F)N2N1. The van der Waals surface area contributed by atoms with E-state index in [1.807, 2.05) is 34.6 Å². The predicted molar refractivity (Wildman–Crippen MR) is 133 cm³/mol. The van der Waals surface area contributed by atoms with Crippen molar-refractivity contribution in [3.8, 4) is 0 Å². The van der Waals surface area contributed by atoms with E-state index in [0.29, 0.717) is 23.5 Å². The third-order valence-electron chi connectivity index (χ3n) is 6.57. The molecule has 3 aromatic rings. The van der Waals surface area contributed by atoms with Crippen LogP contribution in [0.25, 0.3) is 0 Å². The van der Waals surface area contributed by atoms with Gasteiger partial charge in [0.15, 0.2) is 17.5 Å². The second-order valence-electron chi connectivity index (χ2n) is 10.6. The van der Waals surface area contributed by atoms with Crippen LogP contribution < -0.4 is 5.43 Å². The summed E-state index contributed by atoms with van der Waals surface area (Å²) in [5.74, 6) is -5.64. The average molecular weight is 560 g/mol. The molecule has 1 atom stereocenters. The van der Waals surface area contributed by atoms with Crippen molar-refractivity contribution in [2.75, 3.05) is 0 Å². The van der Waals surface area contributed by atoms with Gasteiger partial charge in [-0.15, -0.1) is 5.11 Å². The normalized spacial score (nSPS) is 18.8. The van der Waals surface area contributed by atoms with Gasteiger partial charge in [0.1, 0.15) is 30.4 Å². The van der Waals surface area contributed by atoms with Gasteiger partial charge in [-0.05, 0) is 49.6 Å². The van der Waals surface area contributed by atoms with E-state index in [1.165, 1.54) is 12.5 Å². The van der Waals surface area contributed by atoms with E-state index in [4.69, 9.17) is 4.74 Å². The van der Waals surface area contributed by atoms with Crippen molar-refractivity contribution in [2.24, 2.45) is 15.6 Å². The fourth-order valence-electron chi connectivity index (χ4n) is 4.89. The van der Waals surface area contributed by atoms with Crippen molar-refractivity contribution >= 4 is 0 Å². The largest absolute Gasteiger partial charge is 0.470 e. The van der Waals surface area contributed by atoms with Gasteiger partial charge < -0.3 is 4.74 Å². The number of halogens is 5. The molecule has 0 amide bonds. The van der Waals surface area contributed by atoms with Gasteiger partial charge in [0.2, 0.25) is 11.5 Å². The molecule has 13 heteroatoms. The summed E-state index contributed by atoms with van der Waals surface area (Å²) in [6.45, 7) is 9.35. The lowest BCUT2D eigenvalue weighted by molar-refractivity contribution is 0.0714. The van der Waals surface area contributed by atoms with Gasteiger partial charge in [0.25, 0.3) is 0 Å². The quantitative estimate of drug-likeness (QED) is 0.281. The highest BCUT2D eigenvalue weighted by atomic mass is 19.2. The van der Waals surface area contributed by atoms with Crippen molar-refractivity contribution < 1.29 is 26.7 Å². The van der Waals surface area contributed by atoms with Crippen LogP contribution in [0.4, 0.5) is 22.0 Å². The molecular formula is C27H26F5N7O. The van der Waals surface area contributed by atoms with Crippen LogP contribution in [-0.2, 0) is 17.0 Å². The Morgan fingerprint density at radius 2 is 1.70 bits per heavy atom. The minimum Gasteiger partial charge on any atom is -0.470 e. The lowest BCUT2D eigenvalue weighted by Crippen LogP contribution is -2.52. The summed E-state index contributed by atoms with van der Waals surface area (Å²) in [4.78, 5) is 4.23. The van der Waals surface area contributed by atoms with Gasteiger partial charge in [-0.25, -0.2) is 36.6 Å². The van der Waals surface area contributed by atoms with Crippen molar-refractivity contribution in [3.05, 3.63) is 106 Å². The van der Waals surface area contributed by atoms with Gasteiger partial charge in [-0.2, -0.15) is 10.2 Å². The van der Waals surface area contributed by atoms with E-state index >= 15 is 13.2 Å². The lowest BCUT2D eigenvalue weighted by Gasteiger charge is -2.42. The number of ether oxygens (including phenoxy) is 1. The Labute approximate surface area is 226 Å². The molecule has 5 rings (SSSR count). The van der Waals surface area contributed by atoms with Crippen LogP contribution in [0.15, 0.2) is 70.2 Å². The molecule has 2 aliphatic rings. The van der Waals surface area contributed by atoms with Gasteiger partial charge in [-0.3, -0.25) is 5.43 Å². The van der Waals surface area contributed by atoms with Crippen LogP contribution in [0.3, 0.4) is 0 Å². The smallest absolute Gasteiger partial charge is 0.230 e. The van der Waals surface area contributed by atoms with Crippen molar-refractivity contribution in [1.29, 1.82) is 0 Å². The number of aromatic nitrogens is 3. The van der Waals surface area contributed by atoms with Crippen LogP contribution in [0.2, 0.25) is 0 Å². The van der Waals surface area contributed by atoms with Gasteiger partial charge >= 0.3 is 0 Å². The molecule has 3 heterocycles. The topological polar surface area (TPSA) is 79.9 Å². The molecule has 0 spiro atoms. The second kappa shape index (κ2) is 9.72. The summed E-state index contributed by atoms with van der Waals surface area (Å²) in [6, 6.07) is 3.64. The van der Waals surface area contributed by atoms with Crippen LogP contribution in [0.1, 0.15) is 57.6 Å². The van der Waals surface area contributed by atoms with E-state index in [-0.39, 0.29) is 24.2 Å². The molecule has 1 N–H and O–H groups in total. The number of hydrazine groups is 1. The molecule has 0 bridgehead atoms. The molecule has 1 aromatic heterocycles. The summed E-state index contributed by atoms with van der Waals surface area (Å²) in [7, 11) is 0. The second-order valence-corrected chi connectivity index (χ2v) is 10.6. The van der Waals surface area contributed by atoms with Crippen LogP contribution >= 0.6 is 0 Å². The number of benzene rings is 2. The number of nitrogens with zero attached hydrogens (tertiary/aromatic N) is 6. The van der Waals surface area contributed by atoms with Crippen molar-refractivity contribution in [1.82, 2.24) is 25.2 Å². The Balaban J connectivity index is 1.70. The molecule has 2 aromatic carbocycles. The average Bonchev–Trinajstić information content (AvgIpc) is 3.51. The van der Waals surface area contributed by atoms with E-state index in [0.717, 1.165) is 23.2 Å². The number of hydrogen-bond donors (Lipinski definition) is 1. The summed E-state index contributed by atoms with van der Waals surface area (Å²) >= 11 is 0. The highest BCUT2D eigenvalue weighted by molar-refractivity contribution is 5.49. The molecule has 0 fully saturated rings. The third-order valence-corrected chi connectivity index (χ3v) is 6.57. The van der Waals surface area contributed by atoms with E-state index in [2.05, 4.69) is 25.7 Å². The van der Waals surface area contributed by atoms with E-state index in [9.17, 15) is 8.78 Å². The maximum atomic E-state index is 15.5. The number of hydrogen-bond acceptors (Lipinski definition) is 7. The zero-order valence-corrected chi connectivity index (χ0v) is 22.3. The first-order valence-corrected chi connectivity index (χ1v) is 12.4. The maximum Gasteiger partial charge on any atom is 0.230 e. The fraction of sp³-hybridized carbons (Fsp3) is 0.333. The Morgan fingerprint density at radius 3 is 2.40 bits per heavy atom. The van der Waals surface area contributed by atoms with Crippen molar-refractivity contribution in [3.63, 3.8) is 0 Å². The van der Waals surface area contributed by atoms with E-state index < -0.39 is 51.3 Å². The number of allylic oxidation sites excluding steroid dienone is 1. The Kier molecular flexibility index (Phi) is 6.63. The number of fused-ring (bicyclic) bond motifs is 1. The number of azo groups is 1. The molecule has 0 saturated heterocycles. The standard InChI is InChI=1S/C27H26F5N7O/c1-14(2)38-21(33-13-35-38)12-40-25-23(26(3,4)5)20-11-34-37-27(39(20)36-25,16-10-15(28)6-7-17(16)29)22-18(30)8-9-19(31)24(22)32/h6-11,13-14,36H,12H2,1-5H3. The first-order valence-electron chi connectivity index (χ1n) is 12.4. The van der Waals surface area contributed by atoms with Gasteiger partial charge in [0, 0.05) is 17.2 Å². The molecule has 210 valence electrons. The number of nitrogens with one attached hydrogen (secondary N) is 1. The lowest BCUT2D eigenvalue weighted by atomic mass is 9.83. The van der Waals surface area contributed by atoms with Gasteiger partial charge in [-0.1, -0.05) is 20.8 Å².